The minimum absolute atomic E-state index is 0.862. The van der Waals surface area contributed by atoms with Gasteiger partial charge in [-0.05, 0) is 38.5 Å². The molecule has 4 nitrogen and oxygen atoms in total. The van der Waals surface area contributed by atoms with Crippen molar-refractivity contribution in [3.8, 4) is 0 Å². The third-order valence-corrected chi connectivity index (χ3v) is 4.35. The van der Waals surface area contributed by atoms with E-state index in [1.54, 1.807) is 6.33 Å². The van der Waals surface area contributed by atoms with Crippen molar-refractivity contribution in [3.05, 3.63) is 11.9 Å². The van der Waals surface area contributed by atoms with Crippen LogP contribution in [0.25, 0.3) is 0 Å². The number of nitrogens with zero attached hydrogens (tertiary/aromatic N) is 3. The van der Waals surface area contributed by atoms with Gasteiger partial charge in [0, 0.05) is 25.2 Å². The van der Waals surface area contributed by atoms with Crippen molar-refractivity contribution in [1.29, 1.82) is 0 Å². The fraction of sp³-hybridized carbons (Fsp3) is 0.765. The summed E-state index contributed by atoms with van der Waals surface area (Å²) < 4.78 is 0. The van der Waals surface area contributed by atoms with Crippen LogP contribution in [0.2, 0.25) is 0 Å². The molecule has 0 aliphatic heterocycles. The molecule has 0 spiro atoms. The molecule has 0 atom stereocenters. The van der Waals surface area contributed by atoms with Gasteiger partial charge in [-0.1, -0.05) is 26.7 Å². The molecule has 1 aliphatic rings. The molecule has 0 radical (unpaired) electrons. The summed E-state index contributed by atoms with van der Waals surface area (Å²) >= 11 is 0. The molecule has 1 heterocycles. The minimum Gasteiger partial charge on any atom is -0.370 e. The summed E-state index contributed by atoms with van der Waals surface area (Å²) in [4.78, 5) is 11.6. The predicted molar refractivity (Wildman–Crippen MR) is 90.0 cm³/mol. The van der Waals surface area contributed by atoms with E-state index in [0.29, 0.717) is 0 Å². The first-order valence-corrected chi connectivity index (χ1v) is 8.62. The van der Waals surface area contributed by atoms with E-state index >= 15 is 0 Å². The molecule has 1 aromatic rings. The summed E-state index contributed by atoms with van der Waals surface area (Å²) in [5, 5.41) is 3.47. The Morgan fingerprint density at radius 1 is 1.19 bits per heavy atom. The zero-order valence-corrected chi connectivity index (χ0v) is 13.9. The Balaban J connectivity index is 2.21. The highest BCUT2D eigenvalue weighted by atomic mass is 15.2. The molecule has 21 heavy (non-hydrogen) atoms. The highest BCUT2D eigenvalue weighted by Gasteiger charge is 2.23. The first-order valence-electron chi connectivity index (χ1n) is 8.62. The van der Waals surface area contributed by atoms with Crippen LogP contribution in [0.5, 0.6) is 0 Å². The molecule has 0 unspecified atom stereocenters. The number of nitrogens with one attached hydrogen (secondary N) is 1. The van der Waals surface area contributed by atoms with Crippen molar-refractivity contribution < 1.29 is 0 Å². The number of anilines is 2. The third-order valence-electron chi connectivity index (χ3n) is 4.35. The van der Waals surface area contributed by atoms with Crippen LogP contribution in [0.4, 0.5) is 11.6 Å². The van der Waals surface area contributed by atoms with Crippen molar-refractivity contribution in [2.24, 2.45) is 5.92 Å². The molecule has 1 saturated carbocycles. The Labute approximate surface area is 129 Å². The quantitative estimate of drug-likeness (QED) is 0.749. The molecule has 1 fully saturated rings. The van der Waals surface area contributed by atoms with Crippen LogP contribution in [-0.2, 0) is 6.42 Å². The molecule has 118 valence electrons. The maximum atomic E-state index is 4.62. The maximum absolute atomic E-state index is 4.62. The van der Waals surface area contributed by atoms with Crippen LogP contribution < -0.4 is 10.2 Å². The van der Waals surface area contributed by atoms with Gasteiger partial charge in [0.15, 0.2) is 0 Å². The number of hydrogen-bond donors (Lipinski definition) is 1. The largest absolute Gasteiger partial charge is 0.370 e. The van der Waals surface area contributed by atoms with Gasteiger partial charge in [0.1, 0.15) is 18.0 Å². The summed E-state index contributed by atoms with van der Waals surface area (Å²) in [5.41, 5.74) is 1.30. The van der Waals surface area contributed by atoms with Crippen molar-refractivity contribution >= 4 is 11.6 Å². The van der Waals surface area contributed by atoms with E-state index in [9.17, 15) is 0 Å². The molecule has 0 bridgehead atoms. The molecule has 0 aromatic carbocycles. The average Bonchev–Trinajstić information content (AvgIpc) is 2.46. The van der Waals surface area contributed by atoms with Crippen molar-refractivity contribution in [2.45, 2.75) is 59.3 Å². The monoisotopic (exact) mass is 290 g/mol. The second-order valence-electron chi connectivity index (χ2n) is 6.04. The Morgan fingerprint density at radius 3 is 2.57 bits per heavy atom. The maximum Gasteiger partial charge on any atom is 0.137 e. The van der Waals surface area contributed by atoms with Gasteiger partial charge in [-0.15, -0.1) is 0 Å². The summed E-state index contributed by atoms with van der Waals surface area (Å²) in [7, 11) is 0. The highest BCUT2D eigenvalue weighted by Crippen LogP contribution is 2.31. The van der Waals surface area contributed by atoms with Crippen LogP contribution in [-0.4, -0.2) is 29.6 Å². The molecular formula is C17H30N4. The minimum atomic E-state index is 0.862. The lowest BCUT2D eigenvalue weighted by molar-refractivity contribution is 0.318. The number of hydrogen-bond acceptors (Lipinski definition) is 4. The topological polar surface area (TPSA) is 41.1 Å². The predicted octanol–water partition coefficient (Wildman–Crippen LogP) is 3.88. The third kappa shape index (κ3) is 4.08. The smallest absolute Gasteiger partial charge is 0.137 e. The van der Waals surface area contributed by atoms with E-state index in [4.69, 9.17) is 0 Å². The van der Waals surface area contributed by atoms with Gasteiger partial charge in [0.2, 0.25) is 0 Å². The van der Waals surface area contributed by atoms with E-state index in [2.05, 4.69) is 41.0 Å². The lowest BCUT2D eigenvalue weighted by Crippen LogP contribution is -2.34. The standard InChI is InChI=1S/C17H30N4/c1-4-8-15-16(18-11-5-2)19-13-20-17(15)21(6-3)12-14-9-7-10-14/h13-14H,4-12H2,1-3H3,(H,18,19,20). The van der Waals surface area contributed by atoms with E-state index in [-0.39, 0.29) is 0 Å². The Morgan fingerprint density at radius 2 is 2.00 bits per heavy atom. The summed E-state index contributed by atoms with van der Waals surface area (Å²) in [6.45, 7) is 9.79. The van der Waals surface area contributed by atoms with Crippen molar-refractivity contribution in [1.82, 2.24) is 9.97 Å². The Bertz CT molecular complexity index is 429. The van der Waals surface area contributed by atoms with Gasteiger partial charge in [0.05, 0.1) is 0 Å². The second-order valence-corrected chi connectivity index (χ2v) is 6.04. The van der Waals surface area contributed by atoms with Crippen LogP contribution >= 0.6 is 0 Å². The van der Waals surface area contributed by atoms with Crippen LogP contribution in [0, 0.1) is 5.92 Å². The SMILES string of the molecule is CCCNc1ncnc(N(CC)CC2CCC2)c1CCC. The lowest BCUT2D eigenvalue weighted by Gasteiger charge is -2.33. The molecule has 2 rings (SSSR count). The molecule has 1 aliphatic carbocycles. The first kappa shape index (κ1) is 16.1. The summed E-state index contributed by atoms with van der Waals surface area (Å²) in [6, 6.07) is 0. The second kappa shape index (κ2) is 8.20. The first-order chi connectivity index (χ1) is 10.3. The molecule has 1 N–H and O–H groups in total. The highest BCUT2D eigenvalue weighted by molar-refractivity contribution is 5.59. The Kier molecular flexibility index (Phi) is 6.27. The number of aromatic nitrogens is 2. The van der Waals surface area contributed by atoms with Gasteiger partial charge >= 0.3 is 0 Å². The zero-order valence-electron chi connectivity index (χ0n) is 13.9. The van der Waals surface area contributed by atoms with Crippen LogP contribution in [0.3, 0.4) is 0 Å². The van der Waals surface area contributed by atoms with E-state index in [1.165, 1.54) is 24.8 Å². The fourth-order valence-electron chi connectivity index (χ4n) is 2.90. The van der Waals surface area contributed by atoms with Crippen molar-refractivity contribution in [2.75, 3.05) is 29.9 Å². The summed E-state index contributed by atoms with van der Waals surface area (Å²) in [6.07, 6.45) is 9.17. The summed E-state index contributed by atoms with van der Waals surface area (Å²) in [5.74, 6) is 3.05. The normalized spacial score (nSPS) is 14.8. The molecular weight excluding hydrogens is 260 g/mol. The van der Waals surface area contributed by atoms with Gasteiger partial charge < -0.3 is 10.2 Å². The molecule has 1 aromatic heterocycles. The fourth-order valence-corrected chi connectivity index (χ4v) is 2.90. The van der Waals surface area contributed by atoms with Crippen LogP contribution in [0.1, 0.15) is 58.4 Å². The van der Waals surface area contributed by atoms with E-state index in [0.717, 1.165) is 56.5 Å². The van der Waals surface area contributed by atoms with Gasteiger partial charge in [-0.2, -0.15) is 0 Å². The van der Waals surface area contributed by atoms with Gasteiger partial charge in [-0.25, -0.2) is 9.97 Å². The lowest BCUT2D eigenvalue weighted by atomic mass is 9.85. The Hall–Kier alpha value is -1.32. The number of rotatable bonds is 9. The van der Waals surface area contributed by atoms with Crippen LogP contribution in [0.15, 0.2) is 6.33 Å². The molecule has 0 amide bonds. The van der Waals surface area contributed by atoms with E-state index < -0.39 is 0 Å². The average molecular weight is 290 g/mol. The van der Waals surface area contributed by atoms with Gasteiger partial charge in [-0.3, -0.25) is 0 Å². The van der Waals surface area contributed by atoms with Crippen molar-refractivity contribution in [3.63, 3.8) is 0 Å². The molecule has 4 heteroatoms. The zero-order chi connectivity index (χ0) is 15.1. The van der Waals surface area contributed by atoms with E-state index in [1.807, 2.05) is 0 Å². The molecule has 0 saturated heterocycles. The van der Waals surface area contributed by atoms with Gasteiger partial charge in [0.25, 0.3) is 0 Å².